The molecule has 0 aliphatic heterocycles. The topological polar surface area (TPSA) is 47.6 Å². The molecule has 0 aromatic heterocycles. The molecule has 0 aliphatic carbocycles. The van der Waals surface area contributed by atoms with Crippen molar-refractivity contribution in [2.45, 2.75) is 0 Å². The van der Waals surface area contributed by atoms with Crippen molar-refractivity contribution in [3.8, 4) is 11.5 Å². The lowest BCUT2D eigenvalue weighted by Crippen LogP contribution is -2.13. The van der Waals surface area contributed by atoms with E-state index in [0.29, 0.717) is 17.0 Å². The quantitative estimate of drug-likeness (QED) is 0.696. The number of carbonyl (C=O) groups excluding carboxylic acids is 1. The summed E-state index contributed by atoms with van der Waals surface area (Å²) in [6, 6.07) is 16.8. The van der Waals surface area contributed by atoms with Gasteiger partial charge in [-0.05, 0) is 57.0 Å². The van der Waals surface area contributed by atoms with E-state index in [9.17, 15) is 4.79 Å². The molecular weight excluding hydrogens is 370 g/mol. The number of methoxy groups -OCH3 is 2. The Morgan fingerprint density at radius 3 is 2.38 bits per heavy atom. The molecule has 0 unspecified atom stereocenters. The number of hydrogen-bond donors (Lipinski definition) is 1. The highest BCUT2D eigenvalue weighted by molar-refractivity contribution is 9.10. The summed E-state index contributed by atoms with van der Waals surface area (Å²) in [6.07, 6.45) is 0. The van der Waals surface area contributed by atoms with Crippen molar-refractivity contribution in [3.05, 3.63) is 64.6 Å². The summed E-state index contributed by atoms with van der Waals surface area (Å²) in [5, 5.41) is 4.84. The second-order valence-electron chi connectivity index (χ2n) is 5.18. The highest BCUT2D eigenvalue weighted by atomic mass is 79.9. The van der Waals surface area contributed by atoms with Crippen molar-refractivity contribution in [2.75, 3.05) is 19.5 Å². The Bertz CT molecular complexity index is 891. The summed E-state index contributed by atoms with van der Waals surface area (Å²) < 4.78 is 11.3. The van der Waals surface area contributed by atoms with Gasteiger partial charge in [-0.2, -0.15) is 0 Å². The minimum atomic E-state index is -0.233. The van der Waals surface area contributed by atoms with Gasteiger partial charge in [0.05, 0.1) is 24.3 Å². The maximum absolute atomic E-state index is 12.7. The van der Waals surface area contributed by atoms with Gasteiger partial charge in [-0.15, -0.1) is 0 Å². The van der Waals surface area contributed by atoms with Gasteiger partial charge in [-0.3, -0.25) is 4.79 Å². The Morgan fingerprint density at radius 2 is 1.71 bits per heavy atom. The van der Waals surface area contributed by atoms with Gasteiger partial charge in [0.25, 0.3) is 5.91 Å². The molecule has 0 saturated carbocycles. The fourth-order valence-corrected chi connectivity index (χ4v) is 3.26. The standard InChI is InChI=1S/C19H16BrNO3/c1-23-14-9-7-13(8-10-14)21-19(22)16-11-12-5-3-4-6-15(12)17(20)18(16)24-2/h3-11H,1-2H3,(H,21,22). The minimum Gasteiger partial charge on any atom is -0.497 e. The van der Waals surface area contributed by atoms with Crippen LogP contribution in [0.2, 0.25) is 0 Å². The SMILES string of the molecule is COc1ccc(NC(=O)c2cc3ccccc3c(Br)c2OC)cc1. The largest absolute Gasteiger partial charge is 0.497 e. The van der Waals surface area contributed by atoms with E-state index >= 15 is 0 Å². The van der Waals surface area contributed by atoms with Gasteiger partial charge in [-0.25, -0.2) is 0 Å². The van der Waals surface area contributed by atoms with Crippen LogP contribution in [-0.4, -0.2) is 20.1 Å². The van der Waals surface area contributed by atoms with Crippen LogP contribution < -0.4 is 14.8 Å². The highest BCUT2D eigenvalue weighted by Gasteiger charge is 2.18. The van der Waals surface area contributed by atoms with Gasteiger partial charge in [0.1, 0.15) is 11.5 Å². The number of anilines is 1. The molecule has 5 heteroatoms. The van der Waals surface area contributed by atoms with Crippen LogP contribution in [0.3, 0.4) is 0 Å². The van der Waals surface area contributed by atoms with E-state index in [1.165, 1.54) is 0 Å². The molecule has 24 heavy (non-hydrogen) atoms. The third-order valence-electron chi connectivity index (χ3n) is 3.74. The Morgan fingerprint density at radius 1 is 1.00 bits per heavy atom. The maximum Gasteiger partial charge on any atom is 0.259 e. The van der Waals surface area contributed by atoms with Gasteiger partial charge in [0.2, 0.25) is 0 Å². The number of rotatable bonds is 4. The molecule has 3 aromatic carbocycles. The van der Waals surface area contributed by atoms with Crippen LogP contribution in [0.5, 0.6) is 11.5 Å². The van der Waals surface area contributed by atoms with E-state index in [1.807, 2.05) is 30.3 Å². The third kappa shape index (κ3) is 3.08. The molecule has 0 atom stereocenters. The molecule has 0 radical (unpaired) electrons. The van der Waals surface area contributed by atoms with Crippen LogP contribution >= 0.6 is 15.9 Å². The van der Waals surface area contributed by atoms with Gasteiger partial charge in [0.15, 0.2) is 0 Å². The van der Waals surface area contributed by atoms with Crippen LogP contribution in [0, 0.1) is 0 Å². The first-order valence-electron chi connectivity index (χ1n) is 7.34. The van der Waals surface area contributed by atoms with Crippen molar-refractivity contribution in [3.63, 3.8) is 0 Å². The van der Waals surface area contributed by atoms with E-state index in [2.05, 4.69) is 21.2 Å². The molecule has 0 saturated heterocycles. The fourth-order valence-electron chi connectivity index (χ4n) is 2.53. The smallest absolute Gasteiger partial charge is 0.259 e. The van der Waals surface area contributed by atoms with Crippen LogP contribution in [0.15, 0.2) is 59.1 Å². The first kappa shape index (κ1) is 16.3. The van der Waals surface area contributed by atoms with Crippen LogP contribution in [0.25, 0.3) is 10.8 Å². The monoisotopic (exact) mass is 385 g/mol. The number of ether oxygens (including phenoxy) is 2. The molecular formula is C19H16BrNO3. The lowest BCUT2D eigenvalue weighted by atomic mass is 10.1. The van der Waals surface area contributed by atoms with E-state index in [4.69, 9.17) is 9.47 Å². The zero-order valence-electron chi connectivity index (χ0n) is 13.3. The molecule has 3 aromatic rings. The zero-order valence-corrected chi connectivity index (χ0v) is 14.9. The highest BCUT2D eigenvalue weighted by Crippen LogP contribution is 2.36. The molecule has 0 aliphatic rings. The Hall–Kier alpha value is -2.53. The summed E-state index contributed by atoms with van der Waals surface area (Å²) in [5.74, 6) is 1.02. The normalized spacial score (nSPS) is 10.5. The molecule has 1 N–H and O–H groups in total. The molecule has 4 nitrogen and oxygen atoms in total. The molecule has 122 valence electrons. The summed E-state index contributed by atoms with van der Waals surface area (Å²) in [4.78, 5) is 12.7. The number of halogens is 1. The summed E-state index contributed by atoms with van der Waals surface area (Å²) in [7, 11) is 3.16. The van der Waals surface area contributed by atoms with Crippen molar-refractivity contribution in [1.82, 2.24) is 0 Å². The summed E-state index contributed by atoms with van der Waals surface area (Å²) in [6.45, 7) is 0. The van der Waals surface area contributed by atoms with Gasteiger partial charge < -0.3 is 14.8 Å². The molecule has 1 amide bonds. The Labute approximate surface area is 148 Å². The number of fused-ring (bicyclic) bond motifs is 1. The average Bonchev–Trinajstić information content (AvgIpc) is 2.62. The second-order valence-corrected chi connectivity index (χ2v) is 5.97. The Balaban J connectivity index is 1.99. The van der Waals surface area contributed by atoms with E-state index in [1.54, 1.807) is 38.5 Å². The average molecular weight is 386 g/mol. The first-order valence-corrected chi connectivity index (χ1v) is 8.14. The molecule has 0 heterocycles. The predicted molar refractivity (Wildman–Crippen MR) is 99.1 cm³/mol. The maximum atomic E-state index is 12.7. The summed E-state index contributed by atoms with van der Waals surface area (Å²) in [5.41, 5.74) is 1.16. The van der Waals surface area contributed by atoms with Crippen molar-refractivity contribution < 1.29 is 14.3 Å². The Kier molecular flexibility index (Phi) is 4.71. The van der Waals surface area contributed by atoms with Gasteiger partial charge >= 0.3 is 0 Å². The van der Waals surface area contributed by atoms with Crippen LogP contribution in [0.1, 0.15) is 10.4 Å². The van der Waals surface area contributed by atoms with Crippen molar-refractivity contribution >= 4 is 38.3 Å². The van der Waals surface area contributed by atoms with Crippen LogP contribution in [-0.2, 0) is 0 Å². The van der Waals surface area contributed by atoms with E-state index in [0.717, 1.165) is 21.0 Å². The van der Waals surface area contributed by atoms with Crippen LogP contribution in [0.4, 0.5) is 5.69 Å². The second kappa shape index (κ2) is 6.93. The van der Waals surface area contributed by atoms with Gasteiger partial charge in [-0.1, -0.05) is 24.3 Å². The molecule has 3 rings (SSSR count). The lowest BCUT2D eigenvalue weighted by molar-refractivity contribution is 0.102. The number of carbonyl (C=O) groups is 1. The lowest BCUT2D eigenvalue weighted by Gasteiger charge is -2.13. The summed E-state index contributed by atoms with van der Waals surface area (Å²) >= 11 is 3.54. The van der Waals surface area contributed by atoms with Crippen molar-refractivity contribution in [1.29, 1.82) is 0 Å². The predicted octanol–water partition coefficient (Wildman–Crippen LogP) is 4.87. The van der Waals surface area contributed by atoms with E-state index < -0.39 is 0 Å². The number of hydrogen-bond acceptors (Lipinski definition) is 3. The number of benzene rings is 3. The fraction of sp³-hybridized carbons (Fsp3) is 0.105. The molecule has 0 spiro atoms. The first-order chi connectivity index (χ1) is 11.6. The number of nitrogens with one attached hydrogen (secondary N) is 1. The molecule has 0 bridgehead atoms. The van der Waals surface area contributed by atoms with E-state index in [-0.39, 0.29) is 5.91 Å². The third-order valence-corrected chi connectivity index (χ3v) is 4.53. The molecule has 0 fully saturated rings. The number of amides is 1. The zero-order chi connectivity index (χ0) is 17.1. The van der Waals surface area contributed by atoms with Gasteiger partial charge in [0, 0.05) is 5.69 Å². The minimum absolute atomic E-state index is 0.233. The van der Waals surface area contributed by atoms with Crippen molar-refractivity contribution in [2.24, 2.45) is 0 Å².